The van der Waals surface area contributed by atoms with E-state index >= 15 is 0 Å². The van der Waals surface area contributed by atoms with Gasteiger partial charge in [-0.15, -0.1) is 6.58 Å². The second-order valence-corrected chi connectivity index (χ2v) is 4.68. The van der Waals surface area contributed by atoms with Crippen molar-refractivity contribution in [3.8, 4) is 5.75 Å². The lowest BCUT2D eigenvalue weighted by molar-refractivity contribution is -0.0499. The summed E-state index contributed by atoms with van der Waals surface area (Å²) in [5.41, 5.74) is 0.987. The van der Waals surface area contributed by atoms with Gasteiger partial charge >= 0.3 is 6.61 Å². The Kier molecular flexibility index (Phi) is 7.88. The molecule has 0 saturated carbocycles. The molecule has 0 spiro atoms. The van der Waals surface area contributed by atoms with Gasteiger partial charge in [-0.2, -0.15) is 8.78 Å². The summed E-state index contributed by atoms with van der Waals surface area (Å²) in [6, 6.07) is 7.10. The number of unbranched alkanes of at least 4 members (excludes halogenated alkanes) is 1. The van der Waals surface area contributed by atoms with E-state index in [9.17, 15) is 8.78 Å². The van der Waals surface area contributed by atoms with Crippen LogP contribution in [0, 0.1) is 0 Å². The van der Waals surface area contributed by atoms with Crippen molar-refractivity contribution in [2.45, 2.75) is 45.3 Å². The molecule has 1 aromatic carbocycles. The van der Waals surface area contributed by atoms with E-state index in [0.29, 0.717) is 0 Å². The molecule has 112 valence electrons. The molecule has 1 aromatic rings. The fourth-order valence-electron chi connectivity index (χ4n) is 2.08. The van der Waals surface area contributed by atoms with E-state index in [1.807, 2.05) is 12.1 Å². The largest absolute Gasteiger partial charge is 0.435 e. The van der Waals surface area contributed by atoms with E-state index in [-0.39, 0.29) is 11.8 Å². The van der Waals surface area contributed by atoms with Gasteiger partial charge in [0.25, 0.3) is 0 Å². The summed E-state index contributed by atoms with van der Waals surface area (Å²) in [5, 5.41) is 3.45. The second-order valence-electron chi connectivity index (χ2n) is 4.68. The van der Waals surface area contributed by atoms with Gasteiger partial charge in [0.15, 0.2) is 0 Å². The number of alkyl halides is 2. The lowest BCUT2D eigenvalue weighted by Crippen LogP contribution is -2.22. The highest BCUT2D eigenvalue weighted by Crippen LogP contribution is 2.24. The molecule has 0 bridgehead atoms. The zero-order chi connectivity index (χ0) is 14.8. The molecular formula is C16H23F2NO. The van der Waals surface area contributed by atoms with Crippen molar-refractivity contribution in [2.75, 3.05) is 6.54 Å². The Hall–Kier alpha value is -1.42. The maximum absolute atomic E-state index is 12.3. The summed E-state index contributed by atoms with van der Waals surface area (Å²) in [6.45, 7) is 3.93. The van der Waals surface area contributed by atoms with Crippen molar-refractivity contribution >= 4 is 0 Å². The molecule has 2 nitrogen and oxygen atoms in total. The Bertz CT molecular complexity index is 396. The van der Waals surface area contributed by atoms with Gasteiger partial charge in [-0.3, -0.25) is 0 Å². The van der Waals surface area contributed by atoms with E-state index in [1.54, 1.807) is 18.2 Å². The fraction of sp³-hybridized carbons (Fsp3) is 0.500. The van der Waals surface area contributed by atoms with E-state index in [1.165, 1.54) is 0 Å². The van der Waals surface area contributed by atoms with Crippen LogP contribution in [0.2, 0.25) is 0 Å². The number of hydrogen-bond donors (Lipinski definition) is 1. The van der Waals surface area contributed by atoms with Gasteiger partial charge in [0.1, 0.15) is 5.75 Å². The van der Waals surface area contributed by atoms with E-state index in [2.05, 4.69) is 23.6 Å². The highest BCUT2D eigenvalue weighted by Gasteiger charge is 2.12. The molecule has 0 aliphatic carbocycles. The van der Waals surface area contributed by atoms with Crippen molar-refractivity contribution in [2.24, 2.45) is 0 Å². The minimum Gasteiger partial charge on any atom is -0.435 e. The first-order valence-electron chi connectivity index (χ1n) is 7.06. The molecule has 0 fully saturated rings. The number of allylic oxidation sites excluding steroid dienone is 1. The van der Waals surface area contributed by atoms with Crippen LogP contribution in [0.3, 0.4) is 0 Å². The molecule has 1 unspecified atom stereocenters. The van der Waals surface area contributed by atoms with Crippen molar-refractivity contribution in [3.05, 3.63) is 42.5 Å². The molecule has 0 heterocycles. The van der Waals surface area contributed by atoms with Crippen molar-refractivity contribution in [1.82, 2.24) is 5.32 Å². The molecule has 1 rings (SSSR count). The Morgan fingerprint density at radius 1 is 1.40 bits per heavy atom. The Morgan fingerprint density at radius 2 is 2.20 bits per heavy atom. The fourth-order valence-corrected chi connectivity index (χ4v) is 2.08. The maximum atomic E-state index is 12.3. The minimum atomic E-state index is -2.78. The minimum absolute atomic E-state index is 0.163. The van der Waals surface area contributed by atoms with Crippen LogP contribution in [0.15, 0.2) is 36.9 Å². The van der Waals surface area contributed by atoms with E-state index < -0.39 is 6.61 Å². The number of benzene rings is 1. The molecule has 0 radical (unpaired) electrons. The first-order valence-corrected chi connectivity index (χ1v) is 7.06. The van der Waals surface area contributed by atoms with E-state index in [4.69, 9.17) is 0 Å². The molecule has 0 saturated heterocycles. The molecule has 0 aliphatic rings. The predicted molar refractivity (Wildman–Crippen MR) is 78.2 cm³/mol. The maximum Gasteiger partial charge on any atom is 0.387 e. The highest BCUT2D eigenvalue weighted by molar-refractivity contribution is 5.30. The summed E-state index contributed by atoms with van der Waals surface area (Å²) in [4.78, 5) is 0. The predicted octanol–water partition coefficient (Wildman–Crippen LogP) is 4.69. The van der Waals surface area contributed by atoms with Gasteiger partial charge in [0.2, 0.25) is 0 Å². The third-order valence-corrected chi connectivity index (χ3v) is 3.03. The molecule has 4 heteroatoms. The number of ether oxygens (including phenoxy) is 1. The van der Waals surface area contributed by atoms with Gasteiger partial charge in [-0.1, -0.05) is 25.1 Å². The first kappa shape index (κ1) is 16.6. The molecule has 20 heavy (non-hydrogen) atoms. The Balaban J connectivity index is 2.74. The topological polar surface area (TPSA) is 21.3 Å². The van der Waals surface area contributed by atoms with Crippen molar-refractivity contribution < 1.29 is 13.5 Å². The molecule has 0 amide bonds. The van der Waals surface area contributed by atoms with Crippen molar-refractivity contribution in [3.63, 3.8) is 0 Å². The quantitative estimate of drug-likeness (QED) is 0.497. The Morgan fingerprint density at radius 3 is 2.85 bits per heavy atom. The van der Waals surface area contributed by atoms with Gasteiger partial charge in [0, 0.05) is 6.04 Å². The summed E-state index contributed by atoms with van der Waals surface area (Å²) in [6.07, 6.45) is 5.85. The van der Waals surface area contributed by atoms with Crippen molar-refractivity contribution in [1.29, 1.82) is 0 Å². The van der Waals surface area contributed by atoms with Gasteiger partial charge < -0.3 is 10.1 Å². The van der Waals surface area contributed by atoms with Crippen LogP contribution in [0.1, 0.15) is 44.2 Å². The molecule has 0 aliphatic heterocycles. The lowest BCUT2D eigenvalue weighted by Gasteiger charge is -2.19. The first-order chi connectivity index (χ1) is 9.67. The van der Waals surface area contributed by atoms with Gasteiger partial charge in [-0.05, 0) is 49.9 Å². The number of nitrogens with one attached hydrogen (secondary N) is 1. The number of hydrogen-bond acceptors (Lipinski definition) is 2. The number of rotatable bonds is 10. The zero-order valence-electron chi connectivity index (χ0n) is 11.9. The molecule has 1 atom stereocenters. The monoisotopic (exact) mass is 283 g/mol. The lowest BCUT2D eigenvalue weighted by atomic mass is 10.0. The number of halogens is 2. The average molecular weight is 283 g/mol. The summed E-state index contributed by atoms with van der Waals surface area (Å²) >= 11 is 0. The average Bonchev–Trinajstić information content (AvgIpc) is 2.42. The van der Waals surface area contributed by atoms with Crippen LogP contribution in [0.4, 0.5) is 8.78 Å². The van der Waals surface area contributed by atoms with Gasteiger partial charge in [0.05, 0.1) is 0 Å². The van der Waals surface area contributed by atoms with Crippen LogP contribution in [-0.2, 0) is 0 Å². The third kappa shape index (κ3) is 6.15. The second kappa shape index (κ2) is 9.48. The van der Waals surface area contributed by atoms with Crippen LogP contribution >= 0.6 is 0 Å². The third-order valence-electron chi connectivity index (χ3n) is 3.03. The SMILES string of the molecule is C=CCCCC(NCCC)c1cccc(OC(F)F)c1. The van der Waals surface area contributed by atoms with Crippen LogP contribution in [-0.4, -0.2) is 13.2 Å². The van der Waals surface area contributed by atoms with Crippen LogP contribution < -0.4 is 10.1 Å². The van der Waals surface area contributed by atoms with Crippen LogP contribution in [0.25, 0.3) is 0 Å². The summed E-state index contributed by atoms with van der Waals surface area (Å²) in [7, 11) is 0. The normalized spacial score (nSPS) is 12.4. The van der Waals surface area contributed by atoms with Crippen LogP contribution in [0.5, 0.6) is 5.75 Å². The summed E-state index contributed by atoms with van der Waals surface area (Å²) < 4.78 is 29.0. The highest BCUT2D eigenvalue weighted by atomic mass is 19.3. The molecule has 0 aromatic heterocycles. The van der Waals surface area contributed by atoms with E-state index in [0.717, 1.165) is 37.8 Å². The molecule has 1 N–H and O–H groups in total. The smallest absolute Gasteiger partial charge is 0.387 e. The molecular weight excluding hydrogens is 260 g/mol. The Labute approximate surface area is 119 Å². The zero-order valence-corrected chi connectivity index (χ0v) is 11.9. The standard InChI is InChI=1S/C16H23F2NO/c1-3-5-6-10-15(19-11-4-2)13-8-7-9-14(12-13)20-16(17)18/h3,7-9,12,15-16,19H,1,4-6,10-11H2,2H3. The van der Waals surface area contributed by atoms with Gasteiger partial charge in [-0.25, -0.2) is 0 Å². The summed E-state index contributed by atoms with van der Waals surface area (Å²) in [5.74, 6) is 0.213.